The van der Waals surface area contributed by atoms with Crippen molar-refractivity contribution in [1.82, 2.24) is 24.1 Å². The number of hydrogen-bond donors (Lipinski definition) is 0. The van der Waals surface area contributed by atoms with E-state index in [0.717, 1.165) is 88.4 Å². The van der Waals surface area contributed by atoms with Crippen LogP contribution in [0.15, 0.2) is 231 Å². The molecule has 0 aliphatic rings. The number of para-hydroxylation sites is 2. The molecule has 0 spiro atoms. The van der Waals surface area contributed by atoms with Gasteiger partial charge in [-0.3, -0.25) is 0 Å². The van der Waals surface area contributed by atoms with E-state index >= 15 is 0 Å². The van der Waals surface area contributed by atoms with Crippen molar-refractivity contribution in [2.75, 3.05) is 0 Å². The van der Waals surface area contributed by atoms with E-state index in [1.165, 1.54) is 20.2 Å². The largest absolute Gasteiger partial charge is 0.308 e. The molecule has 0 saturated carbocycles. The first-order valence-corrected chi connectivity index (χ1v) is 24.5. The summed E-state index contributed by atoms with van der Waals surface area (Å²) in [6.45, 7) is 0. The fourth-order valence-electron chi connectivity index (χ4n) is 10.6. The Morgan fingerprint density at radius 2 is 0.915 bits per heavy atom. The second-order valence-corrected chi connectivity index (χ2v) is 18.9. The summed E-state index contributed by atoms with van der Waals surface area (Å²) in [4.78, 5) is 16.0. The van der Waals surface area contributed by atoms with Gasteiger partial charge in [-0.1, -0.05) is 170 Å². The standard InChI is InChI=1S/C64H38N6S/c65-39-40-32-34-55(52(36-40)64-67-62(45-22-13-20-43(37-45)41-16-3-1-4-17-41)66-63(68-64)46-23-14-21-44(38-46)42-18-5-2-6-19-42)70-53-28-10-7-24-47(53)49-33-35-56-59(60(49)70)51-26-8-11-29-54(51)69(56)57-30-15-27-50-48-25-9-12-31-58(48)71-61(50)57/h1-38H. The molecule has 0 fully saturated rings. The van der Waals surface area contributed by atoms with E-state index in [-0.39, 0.29) is 0 Å². The molecule has 0 N–H and O–H groups in total. The van der Waals surface area contributed by atoms with E-state index < -0.39 is 0 Å². The van der Waals surface area contributed by atoms with E-state index in [4.69, 9.17) is 15.0 Å². The SMILES string of the molecule is N#Cc1ccc(-n2c3ccccc3c3ccc4c(c5ccccc5n4-c4cccc5c4sc4ccccc45)c32)c(-c2nc(-c3cccc(-c4ccccc4)c3)nc(-c3cccc(-c4ccccc4)c3)n2)c1. The highest BCUT2D eigenvalue weighted by molar-refractivity contribution is 7.26. The number of nitriles is 1. The van der Waals surface area contributed by atoms with Gasteiger partial charge in [0, 0.05) is 53.7 Å². The van der Waals surface area contributed by atoms with Crippen molar-refractivity contribution in [3.63, 3.8) is 0 Å². The van der Waals surface area contributed by atoms with Crippen LogP contribution in [0.2, 0.25) is 0 Å². The molecule has 14 aromatic rings. The molecule has 330 valence electrons. The van der Waals surface area contributed by atoms with E-state index in [1.54, 1.807) is 0 Å². The Morgan fingerprint density at radius 1 is 0.366 bits per heavy atom. The quantitative estimate of drug-likeness (QED) is 0.160. The predicted molar refractivity (Wildman–Crippen MR) is 293 cm³/mol. The monoisotopic (exact) mass is 922 g/mol. The summed E-state index contributed by atoms with van der Waals surface area (Å²) in [5.41, 5.74) is 13.6. The third-order valence-corrected chi connectivity index (χ3v) is 15.0. The van der Waals surface area contributed by atoms with E-state index in [0.29, 0.717) is 28.6 Å². The third-order valence-electron chi connectivity index (χ3n) is 13.8. The van der Waals surface area contributed by atoms with Crippen molar-refractivity contribution in [2.45, 2.75) is 0 Å². The van der Waals surface area contributed by atoms with Gasteiger partial charge in [-0.05, 0) is 82.9 Å². The van der Waals surface area contributed by atoms with Gasteiger partial charge in [-0.25, -0.2) is 15.0 Å². The molecule has 0 aliphatic carbocycles. The average molecular weight is 923 g/mol. The third kappa shape index (κ3) is 6.58. The lowest BCUT2D eigenvalue weighted by molar-refractivity contribution is 1.06. The van der Waals surface area contributed by atoms with Crippen molar-refractivity contribution in [2.24, 2.45) is 0 Å². The van der Waals surface area contributed by atoms with Gasteiger partial charge < -0.3 is 9.13 Å². The summed E-state index contributed by atoms with van der Waals surface area (Å²) in [7, 11) is 0. The van der Waals surface area contributed by atoms with Crippen LogP contribution in [-0.4, -0.2) is 24.1 Å². The van der Waals surface area contributed by atoms with Gasteiger partial charge in [-0.15, -0.1) is 11.3 Å². The number of hydrogen-bond acceptors (Lipinski definition) is 5. The minimum Gasteiger partial charge on any atom is -0.308 e. The van der Waals surface area contributed by atoms with Crippen molar-refractivity contribution >= 4 is 75.1 Å². The molecule has 71 heavy (non-hydrogen) atoms. The lowest BCUT2D eigenvalue weighted by atomic mass is 10.0. The van der Waals surface area contributed by atoms with Crippen LogP contribution < -0.4 is 0 Å². The number of nitrogens with zero attached hydrogens (tertiary/aromatic N) is 6. The summed E-state index contributed by atoms with van der Waals surface area (Å²) in [5.74, 6) is 1.53. The van der Waals surface area contributed by atoms with Crippen molar-refractivity contribution < 1.29 is 0 Å². The number of aromatic nitrogens is 5. The van der Waals surface area contributed by atoms with Crippen LogP contribution in [0.1, 0.15) is 5.56 Å². The molecule has 0 amide bonds. The van der Waals surface area contributed by atoms with Gasteiger partial charge in [0.25, 0.3) is 0 Å². The molecular formula is C64H38N6S. The second-order valence-electron chi connectivity index (χ2n) is 17.9. The van der Waals surface area contributed by atoms with Gasteiger partial charge >= 0.3 is 0 Å². The van der Waals surface area contributed by atoms with E-state index in [1.807, 2.05) is 35.6 Å². The van der Waals surface area contributed by atoms with Crippen molar-refractivity contribution in [3.05, 3.63) is 236 Å². The Balaban J connectivity index is 1.06. The molecule has 6 nitrogen and oxygen atoms in total. The summed E-state index contributed by atoms with van der Waals surface area (Å²) < 4.78 is 7.33. The molecule has 0 aliphatic heterocycles. The fraction of sp³-hybridized carbons (Fsp3) is 0. The van der Waals surface area contributed by atoms with Gasteiger partial charge in [0.05, 0.1) is 49.8 Å². The first-order valence-electron chi connectivity index (χ1n) is 23.7. The molecule has 0 bridgehead atoms. The first-order chi connectivity index (χ1) is 35.2. The maximum absolute atomic E-state index is 10.6. The molecule has 0 unspecified atom stereocenters. The Hall–Kier alpha value is -9.48. The van der Waals surface area contributed by atoms with Crippen LogP contribution in [0.5, 0.6) is 0 Å². The normalized spacial score (nSPS) is 11.6. The predicted octanol–water partition coefficient (Wildman–Crippen LogP) is 16.6. The molecule has 14 rings (SSSR count). The van der Waals surface area contributed by atoms with E-state index in [9.17, 15) is 5.26 Å². The zero-order chi connectivity index (χ0) is 47.0. The highest BCUT2D eigenvalue weighted by Gasteiger charge is 2.25. The molecule has 0 atom stereocenters. The van der Waals surface area contributed by atoms with Crippen molar-refractivity contribution in [3.8, 4) is 73.9 Å². The second kappa shape index (κ2) is 16.3. The summed E-state index contributed by atoms with van der Waals surface area (Å²) >= 11 is 1.84. The van der Waals surface area contributed by atoms with Crippen LogP contribution >= 0.6 is 11.3 Å². The van der Waals surface area contributed by atoms with E-state index in [2.05, 4.69) is 221 Å². The molecule has 10 aromatic carbocycles. The Labute approximate surface area is 412 Å². The summed E-state index contributed by atoms with van der Waals surface area (Å²) in [6.07, 6.45) is 0. The van der Waals surface area contributed by atoms with Crippen LogP contribution in [0.3, 0.4) is 0 Å². The molecule has 7 heteroatoms. The van der Waals surface area contributed by atoms with Crippen molar-refractivity contribution in [1.29, 1.82) is 5.26 Å². The fourth-order valence-corrected chi connectivity index (χ4v) is 11.8. The topological polar surface area (TPSA) is 72.3 Å². The highest BCUT2D eigenvalue weighted by Crippen LogP contribution is 2.46. The minimum atomic E-state index is 0.462. The maximum atomic E-state index is 10.6. The van der Waals surface area contributed by atoms with Gasteiger partial charge in [0.1, 0.15) is 0 Å². The van der Waals surface area contributed by atoms with Gasteiger partial charge in [0.2, 0.25) is 0 Å². The van der Waals surface area contributed by atoms with Crippen LogP contribution in [0.25, 0.3) is 132 Å². The summed E-state index contributed by atoms with van der Waals surface area (Å²) in [6, 6.07) is 83.1. The number of rotatable bonds is 7. The van der Waals surface area contributed by atoms with Crippen LogP contribution in [0.4, 0.5) is 0 Å². The number of thiophene rings is 1. The lowest BCUT2D eigenvalue weighted by Crippen LogP contribution is -2.04. The Bertz CT molecular complexity index is 4380. The molecule has 4 heterocycles. The Morgan fingerprint density at radius 3 is 1.61 bits per heavy atom. The average Bonchev–Trinajstić information content (AvgIpc) is 4.11. The van der Waals surface area contributed by atoms with Gasteiger partial charge in [0.15, 0.2) is 17.5 Å². The number of benzene rings is 10. The summed E-state index contributed by atoms with van der Waals surface area (Å²) in [5, 5.41) is 17.6. The molecular weight excluding hydrogens is 885 g/mol. The zero-order valence-electron chi connectivity index (χ0n) is 38.0. The minimum absolute atomic E-state index is 0.462. The highest BCUT2D eigenvalue weighted by atomic mass is 32.1. The molecule has 0 radical (unpaired) electrons. The van der Waals surface area contributed by atoms with Crippen LogP contribution in [-0.2, 0) is 0 Å². The number of fused-ring (bicyclic) bond motifs is 10. The Kier molecular flexibility index (Phi) is 9.34. The first kappa shape index (κ1) is 40.6. The zero-order valence-corrected chi connectivity index (χ0v) is 38.8. The van der Waals surface area contributed by atoms with Crippen LogP contribution in [0, 0.1) is 11.3 Å². The lowest BCUT2D eigenvalue weighted by Gasteiger charge is -2.16. The van der Waals surface area contributed by atoms with Gasteiger partial charge in [-0.2, -0.15) is 5.26 Å². The molecule has 4 aromatic heterocycles. The smallest absolute Gasteiger partial charge is 0.166 e. The maximum Gasteiger partial charge on any atom is 0.166 e. The molecule has 0 saturated heterocycles.